The van der Waals surface area contributed by atoms with Gasteiger partial charge in [-0.1, -0.05) is 32.0 Å². The van der Waals surface area contributed by atoms with Gasteiger partial charge in [-0.3, -0.25) is 4.79 Å². The summed E-state index contributed by atoms with van der Waals surface area (Å²) in [6.07, 6.45) is 1.13. The zero-order valence-corrected chi connectivity index (χ0v) is 13.5. The van der Waals surface area contributed by atoms with Crippen molar-refractivity contribution < 1.29 is 9.90 Å². The smallest absolute Gasteiger partial charge is 0.225 e. The molecule has 0 saturated carbocycles. The fourth-order valence-corrected chi connectivity index (χ4v) is 2.37. The molecule has 0 spiro atoms. The quantitative estimate of drug-likeness (QED) is 0.690. The zero-order chi connectivity index (χ0) is 15.8. The summed E-state index contributed by atoms with van der Waals surface area (Å²) in [5, 5.41) is 15.5. The van der Waals surface area contributed by atoms with Crippen LogP contribution >= 0.6 is 0 Å². The molecule has 1 rings (SSSR count). The fraction of sp³-hybridized carbons (Fsp3) is 0.588. The molecule has 0 aliphatic carbocycles. The number of aryl methyl sites for hydroxylation is 1. The molecular weight excluding hydrogens is 264 g/mol. The molecule has 118 valence electrons. The molecule has 0 heterocycles. The molecule has 4 heteroatoms. The Labute approximate surface area is 128 Å². The summed E-state index contributed by atoms with van der Waals surface area (Å²) in [5.74, 6) is 0.440. The van der Waals surface area contributed by atoms with Crippen LogP contribution in [0.5, 0.6) is 0 Å². The predicted molar refractivity (Wildman–Crippen MR) is 87.4 cm³/mol. The lowest BCUT2D eigenvalue weighted by Crippen LogP contribution is -2.42. The number of hydrogen-bond acceptors (Lipinski definition) is 3. The van der Waals surface area contributed by atoms with Crippen LogP contribution in [0.4, 0.5) is 5.69 Å². The normalized spacial score (nSPS) is 14.0. The number of aliphatic hydroxyl groups excluding tert-OH is 1. The fourth-order valence-electron chi connectivity index (χ4n) is 2.37. The number of carbonyl (C=O) groups excluding carboxylic acids is 1. The maximum atomic E-state index is 12.1. The second kappa shape index (κ2) is 8.80. The van der Waals surface area contributed by atoms with Crippen molar-refractivity contribution in [3.8, 4) is 0 Å². The third-order valence-corrected chi connectivity index (χ3v) is 3.65. The van der Waals surface area contributed by atoms with Gasteiger partial charge in [0.05, 0.1) is 0 Å². The Morgan fingerprint density at radius 1 is 1.24 bits per heavy atom. The summed E-state index contributed by atoms with van der Waals surface area (Å²) >= 11 is 0. The lowest BCUT2D eigenvalue weighted by molar-refractivity contribution is -0.116. The van der Waals surface area contributed by atoms with E-state index in [0.717, 1.165) is 11.3 Å². The second-order valence-electron chi connectivity index (χ2n) is 6.00. The van der Waals surface area contributed by atoms with Gasteiger partial charge in [0, 0.05) is 30.8 Å². The van der Waals surface area contributed by atoms with E-state index in [9.17, 15) is 4.79 Å². The number of carbonyl (C=O) groups is 1. The number of para-hydroxylation sites is 1. The largest absolute Gasteiger partial charge is 0.396 e. The lowest BCUT2D eigenvalue weighted by atomic mass is 10.00. The Balaban J connectivity index is 2.48. The Morgan fingerprint density at radius 3 is 2.48 bits per heavy atom. The van der Waals surface area contributed by atoms with Crippen LogP contribution < -0.4 is 10.6 Å². The van der Waals surface area contributed by atoms with Crippen LogP contribution in [0.1, 0.15) is 39.2 Å². The monoisotopic (exact) mass is 292 g/mol. The summed E-state index contributed by atoms with van der Waals surface area (Å²) in [5.41, 5.74) is 1.93. The number of benzene rings is 1. The van der Waals surface area contributed by atoms with Crippen LogP contribution in [-0.4, -0.2) is 29.7 Å². The molecule has 0 aliphatic heterocycles. The molecule has 0 saturated heterocycles. The minimum atomic E-state index is 0.0100. The molecule has 3 N–H and O–H groups in total. The highest BCUT2D eigenvalue weighted by atomic mass is 16.3. The van der Waals surface area contributed by atoms with Crippen molar-refractivity contribution in [1.82, 2.24) is 5.32 Å². The van der Waals surface area contributed by atoms with E-state index in [-0.39, 0.29) is 24.6 Å². The van der Waals surface area contributed by atoms with E-state index in [2.05, 4.69) is 24.5 Å². The number of nitrogens with one attached hydrogen (secondary N) is 2. The number of amides is 1. The topological polar surface area (TPSA) is 61.4 Å². The molecular formula is C17H28N2O2. The average molecular weight is 292 g/mol. The molecule has 1 aromatic rings. The second-order valence-corrected chi connectivity index (χ2v) is 6.00. The van der Waals surface area contributed by atoms with E-state index in [0.29, 0.717) is 18.8 Å². The Kier molecular flexibility index (Phi) is 7.40. The van der Waals surface area contributed by atoms with Crippen LogP contribution in [0.15, 0.2) is 24.3 Å². The van der Waals surface area contributed by atoms with Crippen LogP contribution in [0.25, 0.3) is 0 Å². The van der Waals surface area contributed by atoms with E-state index in [1.807, 2.05) is 38.1 Å². The molecule has 4 nitrogen and oxygen atoms in total. The SMILES string of the molecule is Cc1ccccc1NC(=O)CC(C)NC(CCO)C(C)C. The van der Waals surface area contributed by atoms with Crippen molar-refractivity contribution in [2.75, 3.05) is 11.9 Å². The zero-order valence-electron chi connectivity index (χ0n) is 13.5. The first-order valence-corrected chi connectivity index (χ1v) is 7.66. The Morgan fingerprint density at radius 2 is 1.90 bits per heavy atom. The van der Waals surface area contributed by atoms with Crippen molar-refractivity contribution in [3.63, 3.8) is 0 Å². The minimum Gasteiger partial charge on any atom is -0.396 e. The van der Waals surface area contributed by atoms with Crippen molar-refractivity contribution in [3.05, 3.63) is 29.8 Å². The highest BCUT2D eigenvalue weighted by molar-refractivity contribution is 5.91. The maximum absolute atomic E-state index is 12.1. The van der Waals surface area contributed by atoms with E-state index in [4.69, 9.17) is 5.11 Å². The van der Waals surface area contributed by atoms with Gasteiger partial charge in [0.15, 0.2) is 0 Å². The highest BCUT2D eigenvalue weighted by Gasteiger charge is 2.17. The van der Waals surface area contributed by atoms with Gasteiger partial charge in [-0.2, -0.15) is 0 Å². The summed E-state index contributed by atoms with van der Waals surface area (Å²) in [6, 6.07) is 8.07. The van der Waals surface area contributed by atoms with Gasteiger partial charge < -0.3 is 15.7 Å². The summed E-state index contributed by atoms with van der Waals surface area (Å²) < 4.78 is 0. The number of anilines is 1. The summed E-state index contributed by atoms with van der Waals surface area (Å²) in [6.45, 7) is 8.39. The molecule has 2 unspecified atom stereocenters. The first-order chi connectivity index (χ1) is 9.93. The van der Waals surface area contributed by atoms with Crippen LogP contribution in [0.3, 0.4) is 0 Å². The van der Waals surface area contributed by atoms with Crippen molar-refractivity contribution in [2.24, 2.45) is 5.92 Å². The van der Waals surface area contributed by atoms with Gasteiger partial charge in [-0.05, 0) is 37.8 Å². The number of aliphatic hydroxyl groups is 1. The van der Waals surface area contributed by atoms with Gasteiger partial charge >= 0.3 is 0 Å². The molecule has 0 bridgehead atoms. The molecule has 1 amide bonds. The van der Waals surface area contributed by atoms with Crippen molar-refractivity contribution >= 4 is 11.6 Å². The molecule has 0 radical (unpaired) electrons. The molecule has 21 heavy (non-hydrogen) atoms. The van der Waals surface area contributed by atoms with E-state index >= 15 is 0 Å². The minimum absolute atomic E-state index is 0.0100. The summed E-state index contributed by atoms with van der Waals surface area (Å²) in [4.78, 5) is 12.1. The van der Waals surface area contributed by atoms with Gasteiger partial charge in [0.2, 0.25) is 5.91 Å². The first-order valence-electron chi connectivity index (χ1n) is 7.66. The molecule has 2 atom stereocenters. The predicted octanol–water partition coefficient (Wildman–Crippen LogP) is 2.71. The van der Waals surface area contributed by atoms with Crippen LogP contribution in [0, 0.1) is 12.8 Å². The van der Waals surface area contributed by atoms with Crippen LogP contribution in [-0.2, 0) is 4.79 Å². The van der Waals surface area contributed by atoms with Crippen molar-refractivity contribution in [2.45, 2.75) is 52.6 Å². The third kappa shape index (κ3) is 6.27. The van der Waals surface area contributed by atoms with Gasteiger partial charge in [-0.15, -0.1) is 0 Å². The van der Waals surface area contributed by atoms with E-state index in [1.165, 1.54) is 0 Å². The standard InChI is InChI=1S/C17H28N2O2/c1-12(2)15(9-10-20)18-14(4)11-17(21)19-16-8-6-5-7-13(16)3/h5-8,12,14-15,18,20H,9-11H2,1-4H3,(H,19,21). The van der Waals surface area contributed by atoms with Crippen molar-refractivity contribution in [1.29, 1.82) is 0 Å². The Hall–Kier alpha value is -1.39. The molecule has 0 fully saturated rings. The highest BCUT2D eigenvalue weighted by Crippen LogP contribution is 2.14. The number of hydrogen-bond donors (Lipinski definition) is 3. The summed E-state index contributed by atoms with van der Waals surface area (Å²) in [7, 11) is 0. The van der Waals surface area contributed by atoms with Crippen LogP contribution in [0.2, 0.25) is 0 Å². The first kappa shape index (κ1) is 17.7. The molecule has 1 aromatic carbocycles. The maximum Gasteiger partial charge on any atom is 0.225 e. The number of rotatable bonds is 8. The van der Waals surface area contributed by atoms with E-state index in [1.54, 1.807) is 0 Å². The molecule has 0 aromatic heterocycles. The van der Waals surface area contributed by atoms with Gasteiger partial charge in [-0.25, -0.2) is 0 Å². The average Bonchev–Trinajstić information content (AvgIpc) is 2.40. The lowest BCUT2D eigenvalue weighted by Gasteiger charge is -2.25. The third-order valence-electron chi connectivity index (χ3n) is 3.65. The van der Waals surface area contributed by atoms with Gasteiger partial charge in [0.25, 0.3) is 0 Å². The van der Waals surface area contributed by atoms with E-state index < -0.39 is 0 Å². The Bertz CT molecular complexity index is 446. The molecule has 0 aliphatic rings. The van der Waals surface area contributed by atoms with Gasteiger partial charge in [0.1, 0.15) is 0 Å².